The molecule has 0 spiro atoms. The summed E-state index contributed by atoms with van der Waals surface area (Å²) >= 11 is 6.61. The van der Waals surface area contributed by atoms with Crippen molar-refractivity contribution in [3.63, 3.8) is 0 Å². The molecule has 15 aromatic rings. The van der Waals surface area contributed by atoms with Crippen LogP contribution in [0, 0.1) is 0 Å². The third-order valence-corrected chi connectivity index (χ3v) is 14.3. The van der Waals surface area contributed by atoms with Gasteiger partial charge >= 0.3 is 0 Å². The zero-order valence-corrected chi connectivity index (χ0v) is 38.4. The second-order valence-corrected chi connectivity index (χ2v) is 18.5. The number of hydrogen-bond donors (Lipinski definition) is 1. The van der Waals surface area contributed by atoms with Crippen LogP contribution in [0.3, 0.4) is 0 Å². The number of benzene rings is 10. The summed E-state index contributed by atoms with van der Waals surface area (Å²) in [4.78, 5) is 17.8. The number of H-pyrrole nitrogens is 1. The number of nitrogens with one attached hydrogen (secondary N) is 1. The van der Waals surface area contributed by atoms with Crippen LogP contribution < -0.4 is 0 Å². The number of fused-ring (bicyclic) bond motifs is 12. The zero-order chi connectivity index (χ0) is 46.7. The van der Waals surface area contributed by atoms with Crippen molar-refractivity contribution >= 4 is 99.1 Å². The molecule has 0 aliphatic rings. The average molecular weight is 930 g/mol. The number of halogens is 1. The lowest BCUT2D eigenvalue weighted by atomic mass is 9.94. The Morgan fingerprint density at radius 1 is 0.380 bits per heavy atom. The van der Waals surface area contributed by atoms with Crippen molar-refractivity contribution in [2.75, 3.05) is 0 Å². The Morgan fingerprint density at radius 2 is 0.958 bits per heavy atom. The SMILES string of the molecule is Clc1nc(-c2cccc(-c3cccc4c3oc3cccc(-c5cccc(-c6cccc7c6[nH]c6ccc(-n8c9ccccc9c9ccccc98)cc67)c5)c34)c2)nc(-c2ccc3c(c2)oc2ccccc23)n1. The lowest BCUT2D eigenvalue weighted by Crippen LogP contribution is -1.97. The van der Waals surface area contributed by atoms with Crippen molar-refractivity contribution in [1.82, 2.24) is 24.5 Å². The first kappa shape index (κ1) is 39.7. The predicted octanol–water partition coefficient (Wildman–Crippen LogP) is 17.4. The smallest absolute Gasteiger partial charge is 0.226 e. The van der Waals surface area contributed by atoms with Gasteiger partial charge in [0.1, 0.15) is 22.3 Å². The molecule has 0 aliphatic heterocycles. The standard InChI is InChI=1S/C63H36ClN5O2/c64-63-67-61(66-62(68-63)40-28-30-48-47-18-3-6-26-55(47)70-57(48)34-40)39-15-8-14-38(33-39)44-21-10-23-50-58-42(19-11-27-56(58)71-60(44)50)36-12-7-13-37(32-36)43-20-9-22-49-51-35-41(29-31-52(51)65-59(43)49)69-53-24-4-1-16-45(53)46-17-2-5-25-54(46)69/h1-35,65H. The van der Waals surface area contributed by atoms with Crippen LogP contribution in [0.25, 0.3) is 149 Å². The summed E-state index contributed by atoms with van der Waals surface area (Å²) in [5.74, 6) is 0.935. The number of aromatic nitrogens is 5. The van der Waals surface area contributed by atoms with E-state index in [4.69, 9.17) is 25.4 Å². The van der Waals surface area contributed by atoms with E-state index in [1.54, 1.807) is 0 Å². The van der Waals surface area contributed by atoms with Crippen LogP contribution in [0.1, 0.15) is 0 Å². The molecular weight excluding hydrogens is 894 g/mol. The van der Waals surface area contributed by atoms with E-state index in [1.165, 1.54) is 32.6 Å². The van der Waals surface area contributed by atoms with Crippen LogP contribution in [-0.2, 0) is 0 Å². The van der Waals surface area contributed by atoms with Crippen molar-refractivity contribution in [1.29, 1.82) is 0 Å². The summed E-state index contributed by atoms with van der Waals surface area (Å²) < 4.78 is 15.4. The minimum Gasteiger partial charge on any atom is -0.456 e. The molecule has 1 N–H and O–H groups in total. The number of hydrogen-bond acceptors (Lipinski definition) is 5. The minimum absolute atomic E-state index is 0.110. The highest BCUT2D eigenvalue weighted by atomic mass is 35.5. The Hall–Kier alpha value is -9.30. The maximum absolute atomic E-state index is 6.81. The highest BCUT2D eigenvalue weighted by Crippen LogP contribution is 2.43. The van der Waals surface area contributed by atoms with Crippen LogP contribution >= 0.6 is 11.6 Å². The lowest BCUT2D eigenvalue weighted by molar-refractivity contribution is 0.669. The lowest BCUT2D eigenvalue weighted by Gasteiger charge is -2.09. The molecule has 15 rings (SSSR count). The van der Waals surface area contributed by atoms with E-state index in [-0.39, 0.29) is 5.28 Å². The maximum atomic E-state index is 6.81. The van der Waals surface area contributed by atoms with Gasteiger partial charge in [0.15, 0.2) is 11.6 Å². The van der Waals surface area contributed by atoms with Gasteiger partial charge in [0.05, 0.1) is 16.6 Å². The number of nitrogens with zero attached hydrogens (tertiary/aromatic N) is 4. The molecule has 0 aliphatic carbocycles. The third kappa shape index (κ3) is 6.20. The topological polar surface area (TPSA) is 85.7 Å². The van der Waals surface area contributed by atoms with Crippen LogP contribution in [-0.4, -0.2) is 24.5 Å². The first-order valence-corrected chi connectivity index (χ1v) is 24.0. The Bertz CT molecular complexity index is 4640. The summed E-state index contributed by atoms with van der Waals surface area (Å²) in [7, 11) is 0. The van der Waals surface area contributed by atoms with E-state index in [1.807, 2.05) is 48.5 Å². The Kier molecular flexibility index (Phi) is 8.58. The fraction of sp³-hybridized carbons (Fsp3) is 0. The van der Waals surface area contributed by atoms with Crippen LogP contribution in [0.5, 0.6) is 0 Å². The first-order chi connectivity index (χ1) is 35.1. The van der Waals surface area contributed by atoms with E-state index in [9.17, 15) is 0 Å². The Morgan fingerprint density at radius 3 is 1.76 bits per heavy atom. The van der Waals surface area contributed by atoms with Gasteiger partial charge in [0.2, 0.25) is 5.28 Å². The molecule has 0 fully saturated rings. The molecule has 0 radical (unpaired) electrons. The first-order valence-electron chi connectivity index (χ1n) is 23.6. The molecule has 7 nitrogen and oxygen atoms in total. The zero-order valence-electron chi connectivity index (χ0n) is 37.7. The summed E-state index contributed by atoms with van der Waals surface area (Å²) in [5.41, 5.74) is 16.9. The molecule has 71 heavy (non-hydrogen) atoms. The molecule has 0 atom stereocenters. The normalized spacial score (nSPS) is 12.0. The van der Waals surface area contributed by atoms with Crippen LogP contribution in [0.15, 0.2) is 221 Å². The van der Waals surface area contributed by atoms with Gasteiger partial charge < -0.3 is 18.4 Å². The van der Waals surface area contributed by atoms with Crippen molar-refractivity contribution < 1.29 is 8.83 Å². The fourth-order valence-electron chi connectivity index (χ4n) is 11.0. The van der Waals surface area contributed by atoms with Crippen molar-refractivity contribution in [2.45, 2.75) is 0 Å². The van der Waals surface area contributed by atoms with Gasteiger partial charge in [-0.25, -0.2) is 4.98 Å². The van der Waals surface area contributed by atoms with Crippen molar-refractivity contribution in [2.24, 2.45) is 0 Å². The highest BCUT2D eigenvalue weighted by molar-refractivity contribution is 6.28. The summed E-state index contributed by atoms with van der Waals surface area (Å²) in [5, 5.41) is 9.18. The monoisotopic (exact) mass is 929 g/mol. The molecule has 5 heterocycles. The van der Waals surface area contributed by atoms with E-state index in [0.717, 1.165) is 105 Å². The highest BCUT2D eigenvalue weighted by Gasteiger charge is 2.20. The number of aromatic amines is 1. The molecule has 0 amide bonds. The van der Waals surface area contributed by atoms with Gasteiger partial charge in [-0.2, -0.15) is 9.97 Å². The minimum atomic E-state index is 0.110. The summed E-state index contributed by atoms with van der Waals surface area (Å²) in [6, 6.07) is 74.4. The Labute approximate surface area is 409 Å². The average Bonchev–Trinajstić information content (AvgIpc) is 4.19. The maximum Gasteiger partial charge on any atom is 0.226 e. The van der Waals surface area contributed by atoms with Crippen LogP contribution in [0.2, 0.25) is 5.28 Å². The second kappa shape index (κ2) is 15.4. The molecule has 332 valence electrons. The molecule has 5 aromatic heterocycles. The van der Waals surface area contributed by atoms with E-state index in [0.29, 0.717) is 11.6 Å². The van der Waals surface area contributed by atoms with Gasteiger partial charge in [0, 0.05) is 76.5 Å². The van der Waals surface area contributed by atoms with Gasteiger partial charge in [-0.3, -0.25) is 0 Å². The summed E-state index contributed by atoms with van der Waals surface area (Å²) in [6.45, 7) is 0. The molecular formula is C63H36ClN5O2. The van der Waals surface area contributed by atoms with E-state index in [2.05, 4.69) is 183 Å². The largest absolute Gasteiger partial charge is 0.456 e. The molecule has 10 aromatic carbocycles. The number of furan rings is 2. The van der Waals surface area contributed by atoms with Gasteiger partial charge in [0.25, 0.3) is 0 Å². The quantitative estimate of drug-likeness (QED) is 0.180. The van der Waals surface area contributed by atoms with Gasteiger partial charge in [-0.15, -0.1) is 0 Å². The van der Waals surface area contributed by atoms with Crippen LogP contribution in [0.4, 0.5) is 0 Å². The summed E-state index contributed by atoms with van der Waals surface area (Å²) in [6.07, 6.45) is 0. The molecule has 0 saturated heterocycles. The molecule has 0 unspecified atom stereocenters. The third-order valence-electron chi connectivity index (χ3n) is 14.1. The molecule has 0 saturated carbocycles. The van der Waals surface area contributed by atoms with Gasteiger partial charge in [-0.05, 0) is 101 Å². The van der Waals surface area contributed by atoms with Crippen molar-refractivity contribution in [3.8, 4) is 61.8 Å². The second-order valence-electron chi connectivity index (χ2n) is 18.1. The molecule has 8 heteroatoms. The fourth-order valence-corrected chi connectivity index (χ4v) is 11.1. The number of rotatable bonds is 6. The Balaban J connectivity index is 0.795. The van der Waals surface area contributed by atoms with E-state index >= 15 is 0 Å². The van der Waals surface area contributed by atoms with Crippen molar-refractivity contribution in [3.05, 3.63) is 218 Å². The van der Waals surface area contributed by atoms with Gasteiger partial charge in [-0.1, -0.05) is 146 Å². The van der Waals surface area contributed by atoms with E-state index < -0.39 is 0 Å². The predicted molar refractivity (Wildman–Crippen MR) is 290 cm³/mol. The number of para-hydroxylation sites is 5. The molecule has 0 bridgehead atoms.